The third-order valence-electron chi connectivity index (χ3n) is 3.56. The van der Waals surface area contributed by atoms with E-state index < -0.39 is 0 Å². The zero-order valence-electron chi connectivity index (χ0n) is 12.8. The number of nitrogens with one attached hydrogen (secondary N) is 1. The van der Waals surface area contributed by atoms with Crippen molar-refractivity contribution in [2.45, 2.75) is 37.7 Å². The SMILES string of the molecule is CCCNc1nc(N2CC(C)SC(C)C2)c2ccsc2n1. The molecule has 2 unspecified atom stereocenters. The normalized spacial score (nSPS) is 22.7. The van der Waals surface area contributed by atoms with Gasteiger partial charge in [-0.05, 0) is 17.9 Å². The molecule has 1 aliphatic heterocycles. The summed E-state index contributed by atoms with van der Waals surface area (Å²) in [4.78, 5) is 12.9. The summed E-state index contributed by atoms with van der Waals surface area (Å²) in [5.74, 6) is 1.86. The molecule has 2 aromatic rings. The molecule has 3 rings (SSSR count). The van der Waals surface area contributed by atoms with Crippen LogP contribution in [-0.2, 0) is 0 Å². The van der Waals surface area contributed by atoms with Gasteiger partial charge >= 0.3 is 0 Å². The summed E-state index contributed by atoms with van der Waals surface area (Å²) in [5.41, 5.74) is 0. The predicted molar refractivity (Wildman–Crippen MR) is 94.9 cm³/mol. The quantitative estimate of drug-likeness (QED) is 0.926. The minimum atomic E-state index is 0.643. The Kier molecular flexibility index (Phi) is 4.54. The van der Waals surface area contributed by atoms with Gasteiger partial charge in [0.15, 0.2) is 0 Å². The molecule has 1 saturated heterocycles. The molecule has 2 atom stereocenters. The summed E-state index contributed by atoms with van der Waals surface area (Å²) in [6.07, 6.45) is 1.08. The average molecular weight is 323 g/mol. The van der Waals surface area contributed by atoms with Crippen molar-refractivity contribution < 1.29 is 0 Å². The molecule has 1 N–H and O–H groups in total. The third-order valence-corrected chi connectivity index (χ3v) is 5.59. The molecule has 2 aromatic heterocycles. The maximum absolute atomic E-state index is 4.80. The summed E-state index contributed by atoms with van der Waals surface area (Å²) in [6, 6.07) is 2.15. The Bertz CT molecular complexity index is 603. The maximum Gasteiger partial charge on any atom is 0.226 e. The molecule has 0 amide bonds. The van der Waals surface area contributed by atoms with Crippen LogP contribution in [0.25, 0.3) is 10.2 Å². The first-order valence-electron chi connectivity index (χ1n) is 7.57. The highest BCUT2D eigenvalue weighted by atomic mass is 32.2. The van der Waals surface area contributed by atoms with Gasteiger partial charge in [0.25, 0.3) is 0 Å². The van der Waals surface area contributed by atoms with Gasteiger partial charge in [0.05, 0.1) is 5.39 Å². The first-order valence-corrected chi connectivity index (χ1v) is 9.39. The van der Waals surface area contributed by atoms with E-state index >= 15 is 0 Å². The number of nitrogens with zero attached hydrogens (tertiary/aromatic N) is 3. The zero-order valence-corrected chi connectivity index (χ0v) is 14.4. The van der Waals surface area contributed by atoms with Gasteiger partial charge in [-0.3, -0.25) is 0 Å². The molecular formula is C15H22N4S2. The molecule has 0 aliphatic carbocycles. The van der Waals surface area contributed by atoms with Crippen LogP contribution in [-0.4, -0.2) is 40.1 Å². The Hall–Kier alpha value is -1.01. The lowest BCUT2D eigenvalue weighted by Gasteiger charge is -2.35. The predicted octanol–water partition coefficient (Wildman–Crippen LogP) is 3.84. The number of hydrogen-bond acceptors (Lipinski definition) is 6. The lowest BCUT2D eigenvalue weighted by molar-refractivity contribution is 0.721. The molecule has 4 nitrogen and oxygen atoms in total. The molecule has 1 fully saturated rings. The van der Waals surface area contributed by atoms with E-state index in [0.717, 1.165) is 42.7 Å². The highest BCUT2D eigenvalue weighted by Crippen LogP contribution is 2.33. The highest BCUT2D eigenvalue weighted by molar-refractivity contribution is 8.00. The van der Waals surface area contributed by atoms with Crippen molar-refractivity contribution in [1.29, 1.82) is 0 Å². The van der Waals surface area contributed by atoms with Crippen LogP contribution < -0.4 is 10.2 Å². The van der Waals surface area contributed by atoms with E-state index in [2.05, 4.69) is 59.2 Å². The minimum absolute atomic E-state index is 0.643. The number of aromatic nitrogens is 2. The number of thiophene rings is 1. The van der Waals surface area contributed by atoms with Crippen molar-refractivity contribution >= 4 is 45.1 Å². The molecule has 1 aliphatic rings. The lowest BCUT2D eigenvalue weighted by atomic mass is 10.3. The van der Waals surface area contributed by atoms with Crippen LogP contribution in [0, 0.1) is 0 Å². The van der Waals surface area contributed by atoms with Gasteiger partial charge in [0, 0.05) is 30.1 Å². The number of rotatable bonds is 4. The number of anilines is 2. The van der Waals surface area contributed by atoms with Crippen LogP contribution in [0.2, 0.25) is 0 Å². The highest BCUT2D eigenvalue weighted by Gasteiger charge is 2.25. The van der Waals surface area contributed by atoms with Crippen LogP contribution in [0.1, 0.15) is 27.2 Å². The van der Waals surface area contributed by atoms with Gasteiger partial charge in [0.2, 0.25) is 5.95 Å². The first-order chi connectivity index (χ1) is 10.2. The molecule has 0 saturated carbocycles. The summed E-state index contributed by atoms with van der Waals surface area (Å²) in [5, 5.41) is 7.91. The van der Waals surface area contributed by atoms with Crippen molar-refractivity contribution in [3.8, 4) is 0 Å². The number of hydrogen-bond donors (Lipinski definition) is 1. The van der Waals surface area contributed by atoms with Gasteiger partial charge in [-0.15, -0.1) is 11.3 Å². The topological polar surface area (TPSA) is 41.1 Å². The molecule has 21 heavy (non-hydrogen) atoms. The Morgan fingerprint density at radius 3 is 2.76 bits per heavy atom. The molecule has 0 radical (unpaired) electrons. The standard InChI is InChI=1S/C15H22N4S2/c1-4-6-16-15-17-13(12-5-7-20-14(12)18-15)19-8-10(2)21-11(3)9-19/h5,7,10-11H,4,6,8-9H2,1-3H3,(H,16,17,18). The summed E-state index contributed by atoms with van der Waals surface area (Å²) < 4.78 is 0. The zero-order chi connectivity index (χ0) is 14.8. The van der Waals surface area contributed by atoms with E-state index in [1.54, 1.807) is 11.3 Å². The average Bonchev–Trinajstić information content (AvgIpc) is 2.91. The molecular weight excluding hydrogens is 300 g/mol. The fourth-order valence-corrected chi connectivity index (χ4v) is 4.83. The molecule has 0 aromatic carbocycles. The van der Waals surface area contributed by atoms with Crippen LogP contribution in [0.3, 0.4) is 0 Å². The van der Waals surface area contributed by atoms with E-state index in [-0.39, 0.29) is 0 Å². The van der Waals surface area contributed by atoms with Crippen molar-refractivity contribution in [3.05, 3.63) is 11.4 Å². The second kappa shape index (κ2) is 6.40. The summed E-state index contributed by atoms with van der Waals surface area (Å²) in [7, 11) is 0. The van der Waals surface area contributed by atoms with E-state index in [1.165, 1.54) is 5.39 Å². The molecule has 0 spiro atoms. The Labute approximate surface area is 134 Å². The summed E-state index contributed by atoms with van der Waals surface area (Å²) >= 11 is 3.76. The van der Waals surface area contributed by atoms with Crippen molar-refractivity contribution in [2.24, 2.45) is 0 Å². The van der Waals surface area contributed by atoms with Crippen molar-refractivity contribution in [2.75, 3.05) is 29.9 Å². The van der Waals surface area contributed by atoms with Gasteiger partial charge < -0.3 is 10.2 Å². The number of fused-ring (bicyclic) bond motifs is 1. The molecule has 114 valence electrons. The summed E-state index contributed by atoms with van der Waals surface area (Å²) in [6.45, 7) is 9.79. The second-order valence-corrected chi connectivity index (χ2v) is 8.38. The third kappa shape index (κ3) is 3.26. The van der Waals surface area contributed by atoms with Crippen LogP contribution in [0.4, 0.5) is 11.8 Å². The molecule has 3 heterocycles. The van der Waals surface area contributed by atoms with Crippen LogP contribution in [0.15, 0.2) is 11.4 Å². The molecule has 0 bridgehead atoms. The monoisotopic (exact) mass is 322 g/mol. The molecule has 6 heteroatoms. The van der Waals surface area contributed by atoms with E-state index in [4.69, 9.17) is 4.98 Å². The van der Waals surface area contributed by atoms with E-state index in [9.17, 15) is 0 Å². The van der Waals surface area contributed by atoms with E-state index in [1.807, 2.05) is 0 Å². The van der Waals surface area contributed by atoms with Gasteiger partial charge in [-0.25, -0.2) is 4.98 Å². The Morgan fingerprint density at radius 2 is 2.05 bits per heavy atom. The fourth-order valence-electron chi connectivity index (χ4n) is 2.75. The van der Waals surface area contributed by atoms with Crippen LogP contribution >= 0.6 is 23.1 Å². The minimum Gasteiger partial charge on any atom is -0.354 e. The second-order valence-electron chi connectivity index (χ2n) is 5.60. The van der Waals surface area contributed by atoms with Gasteiger partial charge in [-0.1, -0.05) is 20.8 Å². The van der Waals surface area contributed by atoms with Crippen molar-refractivity contribution in [1.82, 2.24) is 9.97 Å². The smallest absolute Gasteiger partial charge is 0.226 e. The van der Waals surface area contributed by atoms with Gasteiger partial charge in [0.1, 0.15) is 10.6 Å². The largest absolute Gasteiger partial charge is 0.354 e. The fraction of sp³-hybridized carbons (Fsp3) is 0.600. The Morgan fingerprint density at radius 1 is 1.29 bits per heavy atom. The first kappa shape index (κ1) is 14.9. The maximum atomic E-state index is 4.80. The number of thioether (sulfide) groups is 1. The van der Waals surface area contributed by atoms with E-state index in [0.29, 0.717) is 10.5 Å². The van der Waals surface area contributed by atoms with Crippen LogP contribution in [0.5, 0.6) is 0 Å². The van der Waals surface area contributed by atoms with Crippen molar-refractivity contribution in [3.63, 3.8) is 0 Å². The van der Waals surface area contributed by atoms with Gasteiger partial charge in [-0.2, -0.15) is 16.7 Å². The Balaban J connectivity index is 1.97. The lowest BCUT2D eigenvalue weighted by Crippen LogP contribution is -2.41.